The van der Waals surface area contributed by atoms with Crippen molar-refractivity contribution in [3.63, 3.8) is 0 Å². The predicted molar refractivity (Wildman–Crippen MR) is 222 cm³/mol. The molecule has 2 saturated heterocycles. The summed E-state index contributed by atoms with van der Waals surface area (Å²) in [6, 6.07) is 25.3. The lowest BCUT2D eigenvalue weighted by Crippen LogP contribution is -2.44. The van der Waals surface area contributed by atoms with Gasteiger partial charge in [0.2, 0.25) is 20.0 Å². The zero-order valence-electron chi connectivity index (χ0n) is 32.6. The number of likely N-dealkylation sites (tertiary alicyclic amines) is 1. The molecule has 0 aliphatic carbocycles. The molecule has 314 valence electrons. The summed E-state index contributed by atoms with van der Waals surface area (Å²) >= 11 is 0. The molecular weight excluding hydrogens is 814 g/mol. The summed E-state index contributed by atoms with van der Waals surface area (Å²) in [4.78, 5) is 25.3. The lowest BCUT2D eigenvalue weighted by molar-refractivity contribution is 0.0591. The standard InChI is InChI=1S/C21H25FN2O4S.C20H23FN2O4S.ClH/c1-23-12-10-19(11-13-23)29(26,27)24(18-6-4-3-5-7-18)15-17-9-8-16(14-20(17)22)21(25)28-2;1-27-20(24)15-7-8-16(19(21)13-15)14-23(17-5-3-2-4-6-17)28(25,26)18-9-11-22-12-10-18;/h3-9,14,19H,10-13,15H2,1-2H3;2-8,13,18,22H,9-12,14H2,1H3;1H. The molecule has 4 aromatic carbocycles. The van der Waals surface area contributed by atoms with Gasteiger partial charge in [-0.25, -0.2) is 35.2 Å². The SMILES string of the molecule is COC(=O)c1ccc(CN(c2ccccc2)S(=O)(=O)C2CCN(C)CC2)c(F)c1.COC(=O)c1ccc(CN(c2ccccc2)S(=O)(=O)C2CCNCC2)c(F)c1.Cl. The summed E-state index contributed by atoms with van der Waals surface area (Å²) in [5.74, 6) is -2.58. The molecule has 58 heavy (non-hydrogen) atoms. The molecule has 0 aromatic heterocycles. The monoisotopic (exact) mass is 862 g/mol. The number of hydrogen-bond acceptors (Lipinski definition) is 10. The maximum atomic E-state index is 14.7. The fourth-order valence-corrected chi connectivity index (χ4v) is 10.6. The number of nitrogens with one attached hydrogen (secondary N) is 1. The van der Waals surface area contributed by atoms with Gasteiger partial charge in [-0.3, -0.25) is 8.61 Å². The number of carbonyl (C=O) groups excluding carboxylic acids is 2. The number of benzene rings is 4. The van der Waals surface area contributed by atoms with Gasteiger partial charge < -0.3 is 19.7 Å². The van der Waals surface area contributed by atoms with E-state index in [0.29, 0.717) is 63.2 Å². The Labute approximate surface area is 345 Å². The average Bonchev–Trinajstić information content (AvgIpc) is 3.23. The molecule has 12 nitrogen and oxygen atoms in total. The average molecular weight is 863 g/mol. The Balaban J connectivity index is 0.000000252. The predicted octanol–water partition coefficient (Wildman–Crippen LogP) is 6.17. The fraction of sp³-hybridized carbons (Fsp3) is 0.366. The van der Waals surface area contributed by atoms with E-state index in [-0.39, 0.29) is 47.8 Å². The van der Waals surface area contributed by atoms with Crippen LogP contribution in [0.15, 0.2) is 97.1 Å². The minimum absolute atomic E-state index is 0. The molecule has 2 heterocycles. The van der Waals surface area contributed by atoms with Gasteiger partial charge in [-0.05, 0) is 107 Å². The highest BCUT2D eigenvalue weighted by Crippen LogP contribution is 2.30. The Kier molecular flexibility index (Phi) is 16.6. The second-order valence-corrected chi connectivity index (χ2v) is 18.1. The fourth-order valence-electron chi connectivity index (χ4n) is 6.73. The number of methoxy groups -OCH3 is 2. The molecule has 0 atom stereocenters. The normalized spacial score (nSPS) is 15.3. The first-order valence-electron chi connectivity index (χ1n) is 18.5. The van der Waals surface area contributed by atoms with Crippen LogP contribution in [-0.2, 0) is 42.6 Å². The van der Waals surface area contributed by atoms with Crippen LogP contribution in [0.3, 0.4) is 0 Å². The van der Waals surface area contributed by atoms with Gasteiger partial charge in [-0.2, -0.15) is 0 Å². The quantitative estimate of drug-likeness (QED) is 0.165. The maximum Gasteiger partial charge on any atom is 0.337 e. The van der Waals surface area contributed by atoms with Crippen LogP contribution in [0.1, 0.15) is 57.5 Å². The minimum Gasteiger partial charge on any atom is -0.465 e. The summed E-state index contributed by atoms with van der Waals surface area (Å²) in [6.07, 6.45) is 2.09. The van der Waals surface area contributed by atoms with Gasteiger partial charge in [0.25, 0.3) is 0 Å². The topological polar surface area (TPSA) is 143 Å². The van der Waals surface area contributed by atoms with Crippen LogP contribution in [-0.4, -0.2) is 91.6 Å². The van der Waals surface area contributed by atoms with E-state index in [9.17, 15) is 35.2 Å². The number of sulfonamides is 2. The Morgan fingerprint density at radius 1 is 0.655 bits per heavy atom. The zero-order chi connectivity index (χ0) is 41.2. The summed E-state index contributed by atoms with van der Waals surface area (Å²) < 4.78 is 94.6. The lowest BCUT2D eigenvalue weighted by Gasteiger charge is -2.34. The largest absolute Gasteiger partial charge is 0.465 e. The van der Waals surface area contributed by atoms with Gasteiger partial charge >= 0.3 is 11.9 Å². The molecule has 17 heteroatoms. The number of hydrogen-bond donors (Lipinski definition) is 1. The van der Waals surface area contributed by atoms with Crippen LogP contribution in [0.5, 0.6) is 0 Å². The highest BCUT2D eigenvalue weighted by molar-refractivity contribution is 7.93. The van der Waals surface area contributed by atoms with Crippen molar-refractivity contribution in [3.05, 3.63) is 131 Å². The van der Waals surface area contributed by atoms with Crippen molar-refractivity contribution in [2.45, 2.75) is 49.3 Å². The van der Waals surface area contributed by atoms with Gasteiger partial charge in [-0.15, -0.1) is 12.4 Å². The van der Waals surface area contributed by atoms with E-state index in [1.165, 1.54) is 47.1 Å². The number of carbonyl (C=O) groups is 2. The molecular formula is C41H49ClF2N4O8S2. The number of halogens is 3. The number of para-hydroxylation sites is 2. The van der Waals surface area contributed by atoms with E-state index in [4.69, 9.17) is 0 Å². The second kappa shape index (κ2) is 20.9. The number of anilines is 2. The number of piperidine rings is 2. The first-order chi connectivity index (χ1) is 27.3. The third kappa shape index (κ3) is 11.3. The van der Waals surface area contributed by atoms with E-state index in [0.717, 1.165) is 12.1 Å². The number of ether oxygens (including phenoxy) is 2. The van der Waals surface area contributed by atoms with Crippen LogP contribution >= 0.6 is 12.4 Å². The van der Waals surface area contributed by atoms with Gasteiger partial charge in [-0.1, -0.05) is 48.5 Å². The van der Waals surface area contributed by atoms with Gasteiger partial charge in [0.05, 0.1) is 60.3 Å². The third-order valence-electron chi connectivity index (χ3n) is 10.1. The van der Waals surface area contributed by atoms with Crippen molar-refractivity contribution >= 4 is 55.8 Å². The number of nitrogens with zero attached hydrogens (tertiary/aromatic N) is 3. The molecule has 0 spiro atoms. The zero-order valence-corrected chi connectivity index (χ0v) is 35.0. The van der Waals surface area contributed by atoms with Crippen LogP contribution in [0.25, 0.3) is 0 Å². The van der Waals surface area contributed by atoms with Crippen molar-refractivity contribution in [3.8, 4) is 0 Å². The Morgan fingerprint density at radius 3 is 1.40 bits per heavy atom. The van der Waals surface area contributed by atoms with Gasteiger partial charge in [0.15, 0.2) is 0 Å². The van der Waals surface area contributed by atoms with Gasteiger partial charge in [0.1, 0.15) is 11.6 Å². The first-order valence-corrected chi connectivity index (χ1v) is 21.5. The molecule has 2 aliphatic rings. The van der Waals surface area contributed by atoms with Gasteiger partial charge in [0, 0.05) is 11.1 Å². The minimum atomic E-state index is -3.70. The first kappa shape index (κ1) is 46.1. The molecule has 6 rings (SSSR count). The molecule has 4 aromatic rings. The Morgan fingerprint density at radius 2 is 1.03 bits per heavy atom. The summed E-state index contributed by atoms with van der Waals surface area (Å²) in [5.41, 5.74) is 1.52. The molecule has 0 unspecified atom stereocenters. The van der Waals surface area contributed by atoms with E-state index in [1.807, 2.05) is 7.05 Å². The van der Waals surface area contributed by atoms with E-state index >= 15 is 0 Å². The molecule has 2 fully saturated rings. The molecule has 0 bridgehead atoms. The van der Waals surface area contributed by atoms with Crippen LogP contribution in [0, 0.1) is 11.6 Å². The molecule has 1 N–H and O–H groups in total. The molecule has 0 amide bonds. The number of esters is 2. The summed E-state index contributed by atoms with van der Waals surface area (Å²) in [7, 11) is -2.98. The highest BCUT2D eigenvalue weighted by atomic mass is 35.5. The molecule has 0 saturated carbocycles. The van der Waals surface area contributed by atoms with Crippen molar-refractivity contribution in [1.82, 2.24) is 10.2 Å². The summed E-state index contributed by atoms with van der Waals surface area (Å²) in [6.45, 7) is 2.38. The number of rotatable bonds is 12. The van der Waals surface area contributed by atoms with Crippen molar-refractivity contribution in [2.75, 3.05) is 56.1 Å². The van der Waals surface area contributed by atoms with Crippen molar-refractivity contribution in [2.24, 2.45) is 0 Å². The third-order valence-corrected chi connectivity index (χ3v) is 14.6. The van der Waals surface area contributed by atoms with Crippen molar-refractivity contribution < 1.29 is 44.7 Å². The lowest BCUT2D eigenvalue weighted by atomic mass is 10.1. The van der Waals surface area contributed by atoms with E-state index < -0.39 is 54.1 Å². The van der Waals surface area contributed by atoms with Crippen LogP contribution in [0.2, 0.25) is 0 Å². The maximum absolute atomic E-state index is 14.7. The van der Waals surface area contributed by atoms with E-state index in [1.54, 1.807) is 60.7 Å². The summed E-state index contributed by atoms with van der Waals surface area (Å²) in [5, 5.41) is 2.12. The smallest absolute Gasteiger partial charge is 0.337 e. The second-order valence-electron chi connectivity index (χ2n) is 13.8. The van der Waals surface area contributed by atoms with Crippen molar-refractivity contribution in [1.29, 1.82) is 0 Å². The van der Waals surface area contributed by atoms with Crippen LogP contribution in [0.4, 0.5) is 20.2 Å². The highest BCUT2D eigenvalue weighted by Gasteiger charge is 2.36. The Bertz CT molecular complexity index is 2210. The van der Waals surface area contributed by atoms with Crippen LogP contribution < -0.4 is 13.9 Å². The van der Waals surface area contributed by atoms with E-state index in [2.05, 4.69) is 19.7 Å². The molecule has 0 radical (unpaired) electrons. The Hall–Kier alpha value is -4.61. The molecule has 2 aliphatic heterocycles.